The smallest absolute Gasteiger partial charge is 0.193 e. The van der Waals surface area contributed by atoms with Crippen molar-refractivity contribution in [1.29, 1.82) is 0 Å². The summed E-state index contributed by atoms with van der Waals surface area (Å²) in [5.41, 5.74) is 7.36. The predicted octanol–water partition coefficient (Wildman–Crippen LogP) is 12.5. The zero-order valence-electron chi connectivity index (χ0n) is 28.8. The third-order valence-electron chi connectivity index (χ3n) is 10.0. The van der Waals surface area contributed by atoms with Gasteiger partial charge in [0, 0.05) is 33.6 Å². The summed E-state index contributed by atoms with van der Waals surface area (Å²) in [5, 5.41) is 1.43. The molecule has 8 aromatic carbocycles. The molecule has 0 N–H and O–H groups in total. The third-order valence-corrected chi connectivity index (χ3v) is 10.0. The number of para-hydroxylation sites is 8. The first-order valence-corrected chi connectivity index (χ1v) is 17.8. The van der Waals surface area contributed by atoms with Gasteiger partial charge in [0.25, 0.3) is 0 Å². The van der Waals surface area contributed by atoms with E-state index in [9.17, 15) is 9.59 Å². The lowest BCUT2D eigenvalue weighted by Gasteiger charge is -2.33. The second-order valence-corrected chi connectivity index (χ2v) is 13.2. The van der Waals surface area contributed by atoms with Crippen molar-refractivity contribution >= 4 is 56.5 Å². The third kappa shape index (κ3) is 5.12. The minimum Gasteiger partial charge on any atom is -0.453 e. The molecule has 6 heteroatoms. The van der Waals surface area contributed by atoms with Gasteiger partial charge in [-0.15, -0.1) is 0 Å². The lowest BCUT2D eigenvalue weighted by atomic mass is 9.91. The summed E-state index contributed by atoms with van der Waals surface area (Å²) in [6, 6.07) is 58.0. The topological polar surface area (TPSA) is 59.1 Å². The van der Waals surface area contributed by atoms with E-state index in [4.69, 9.17) is 9.47 Å². The highest BCUT2D eigenvalue weighted by Crippen LogP contribution is 2.51. The average Bonchev–Trinajstić information content (AvgIpc) is 3.23. The van der Waals surface area contributed by atoms with Gasteiger partial charge in [0.1, 0.15) is 0 Å². The van der Waals surface area contributed by atoms with Gasteiger partial charge in [0.15, 0.2) is 34.6 Å². The summed E-state index contributed by atoms with van der Waals surface area (Å²) in [7, 11) is 0. The Kier molecular flexibility index (Phi) is 7.34. The maximum Gasteiger partial charge on any atom is 0.193 e. The number of ketones is 2. The van der Waals surface area contributed by atoms with E-state index in [0.29, 0.717) is 33.0 Å². The Balaban J connectivity index is 1.01. The molecule has 0 bridgehead atoms. The van der Waals surface area contributed by atoms with Crippen molar-refractivity contribution < 1.29 is 19.1 Å². The SMILES string of the molecule is O=C(c1cccc(N2c3ccccc3Oc3ccccc32)c1)c1ccc(C(=O)c2cccc(N3c4ccccc4Oc4ccccc43)c2)c2ccccc12. The van der Waals surface area contributed by atoms with Crippen molar-refractivity contribution in [3.8, 4) is 23.0 Å². The van der Waals surface area contributed by atoms with Crippen LogP contribution in [0.15, 0.2) is 182 Å². The second kappa shape index (κ2) is 12.7. The quantitative estimate of drug-likeness (QED) is 0.161. The minimum atomic E-state index is -0.131. The van der Waals surface area contributed by atoms with E-state index in [-0.39, 0.29) is 11.6 Å². The summed E-state index contributed by atoms with van der Waals surface area (Å²) >= 11 is 0. The first-order valence-electron chi connectivity index (χ1n) is 17.8. The molecule has 54 heavy (non-hydrogen) atoms. The Morgan fingerprint density at radius 3 is 1.06 bits per heavy atom. The summed E-state index contributed by atoms with van der Waals surface area (Å²) in [4.78, 5) is 33.1. The Morgan fingerprint density at radius 1 is 0.352 bits per heavy atom. The van der Waals surface area contributed by atoms with Crippen LogP contribution in [0, 0.1) is 0 Å². The van der Waals surface area contributed by atoms with E-state index in [2.05, 4.69) is 9.80 Å². The highest BCUT2D eigenvalue weighted by atomic mass is 16.5. The van der Waals surface area contributed by atoms with Gasteiger partial charge in [-0.2, -0.15) is 0 Å². The monoisotopic (exact) mass is 698 g/mol. The Bertz CT molecular complexity index is 2530. The number of fused-ring (bicyclic) bond motifs is 5. The lowest BCUT2D eigenvalue weighted by Crippen LogP contribution is -2.16. The molecule has 0 aromatic heterocycles. The molecule has 2 aliphatic heterocycles. The normalized spacial score (nSPS) is 12.4. The van der Waals surface area contributed by atoms with Crippen LogP contribution in [0.1, 0.15) is 31.8 Å². The van der Waals surface area contributed by atoms with Crippen LogP contribution in [-0.4, -0.2) is 11.6 Å². The van der Waals surface area contributed by atoms with Crippen molar-refractivity contribution in [2.24, 2.45) is 0 Å². The first kappa shape index (κ1) is 31.3. The fraction of sp³-hybridized carbons (Fsp3) is 0. The second-order valence-electron chi connectivity index (χ2n) is 13.2. The summed E-state index contributed by atoms with van der Waals surface area (Å²) in [6.07, 6.45) is 0. The van der Waals surface area contributed by atoms with Crippen molar-refractivity contribution in [3.05, 3.63) is 204 Å². The van der Waals surface area contributed by atoms with Gasteiger partial charge in [-0.1, -0.05) is 97.1 Å². The summed E-state index contributed by atoms with van der Waals surface area (Å²) in [6.45, 7) is 0. The molecule has 8 aromatic rings. The largest absolute Gasteiger partial charge is 0.453 e. The van der Waals surface area contributed by atoms with E-state index in [1.807, 2.05) is 170 Å². The lowest BCUT2D eigenvalue weighted by molar-refractivity contribution is 0.103. The summed E-state index contributed by atoms with van der Waals surface area (Å²) < 4.78 is 12.4. The van der Waals surface area contributed by atoms with Crippen molar-refractivity contribution in [3.63, 3.8) is 0 Å². The number of hydrogen-bond donors (Lipinski definition) is 0. The standard InChI is InChI=1S/C48H30N2O4/c51-47(31-13-11-15-33(29-31)49-39-19-3-7-23-43(39)53-44-24-8-4-20-40(44)49)37-27-28-38(36-18-2-1-17-35(36)37)48(52)32-14-12-16-34(30-32)50-41-21-5-9-25-45(41)54-46-26-10-6-22-42(46)50/h1-30H. The van der Waals surface area contributed by atoms with Crippen LogP contribution in [0.5, 0.6) is 23.0 Å². The van der Waals surface area contributed by atoms with E-state index >= 15 is 0 Å². The van der Waals surface area contributed by atoms with Crippen LogP contribution in [0.25, 0.3) is 10.8 Å². The molecule has 0 saturated carbocycles. The molecule has 0 aliphatic carbocycles. The predicted molar refractivity (Wildman–Crippen MR) is 213 cm³/mol. The number of nitrogens with zero attached hydrogens (tertiary/aromatic N) is 2. The Hall–Kier alpha value is -7.44. The minimum absolute atomic E-state index is 0.131. The average molecular weight is 699 g/mol. The van der Waals surface area contributed by atoms with E-state index in [0.717, 1.165) is 57.1 Å². The molecule has 0 spiro atoms. The molecular formula is C48H30N2O4. The molecule has 2 aliphatic rings. The van der Waals surface area contributed by atoms with Crippen LogP contribution in [0.3, 0.4) is 0 Å². The van der Waals surface area contributed by atoms with Gasteiger partial charge in [-0.25, -0.2) is 0 Å². The van der Waals surface area contributed by atoms with Crippen molar-refractivity contribution in [2.45, 2.75) is 0 Å². The maximum atomic E-state index is 14.4. The number of benzene rings is 8. The van der Waals surface area contributed by atoms with Crippen LogP contribution in [0.4, 0.5) is 34.1 Å². The molecule has 10 rings (SSSR count). The molecular weight excluding hydrogens is 669 g/mol. The highest BCUT2D eigenvalue weighted by molar-refractivity contribution is 6.22. The van der Waals surface area contributed by atoms with Crippen LogP contribution in [0.2, 0.25) is 0 Å². The van der Waals surface area contributed by atoms with Crippen LogP contribution < -0.4 is 19.3 Å². The number of hydrogen-bond acceptors (Lipinski definition) is 6. The number of ether oxygens (including phenoxy) is 2. The highest BCUT2D eigenvalue weighted by Gasteiger charge is 2.28. The number of rotatable bonds is 6. The Labute approximate surface area is 311 Å². The zero-order valence-corrected chi connectivity index (χ0v) is 28.8. The molecule has 6 nitrogen and oxygen atoms in total. The molecule has 256 valence electrons. The van der Waals surface area contributed by atoms with Crippen LogP contribution in [-0.2, 0) is 0 Å². The molecule has 0 atom stereocenters. The number of anilines is 6. The number of carbonyl (C=O) groups excluding carboxylic acids is 2. The molecule has 2 heterocycles. The molecule has 0 fully saturated rings. The fourth-order valence-corrected chi connectivity index (χ4v) is 7.54. The van der Waals surface area contributed by atoms with Gasteiger partial charge in [0.2, 0.25) is 0 Å². The van der Waals surface area contributed by atoms with Crippen molar-refractivity contribution in [2.75, 3.05) is 9.80 Å². The first-order chi connectivity index (χ1) is 26.6. The zero-order chi connectivity index (χ0) is 36.2. The van der Waals surface area contributed by atoms with Gasteiger partial charge in [-0.05, 0) is 95.7 Å². The van der Waals surface area contributed by atoms with E-state index < -0.39 is 0 Å². The van der Waals surface area contributed by atoms with E-state index in [1.165, 1.54) is 0 Å². The molecule has 0 unspecified atom stereocenters. The van der Waals surface area contributed by atoms with Crippen LogP contribution >= 0.6 is 0 Å². The Morgan fingerprint density at radius 2 is 0.685 bits per heavy atom. The fourth-order valence-electron chi connectivity index (χ4n) is 7.54. The molecule has 0 radical (unpaired) electrons. The summed E-state index contributed by atoms with van der Waals surface area (Å²) in [5.74, 6) is 2.70. The van der Waals surface area contributed by atoms with Gasteiger partial charge in [0.05, 0.1) is 22.7 Å². The van der Waals surface area contributed by atoms with Gasteiger partial charge >= 0.3 is 0 Å². The molecule has 0 amide bonds. The van der Waals surface area contributed by atoms with E-state index in [1.54, 1.807) is 12.1 Å². The van der Waals surface area contributed by atoms with Gasteiger partial charge in [-0.3, -0.25) is 9.59 Å². The van der Waals surface area contributed by atoms with Crippen molar-refractivity contribution in [1.82, 2.24) is 0 Å². The number of carbonyl (C=O) groups is 2. The maximum absolute atomic E-state index is 14.4. The van der Waals surface area contributed by atoms with Gasteiger partial charge < -0.3 is 19.3 Å². The molecule has 0 saturated heterocycles.